The molecular weight excluding hydrogens is 370 g/mol. The van der Waals surface area contributed by atoms with E-state index in [-0.39, 0.29) is 17.2 Å². The van der Waals surface area contributed by atoms with Crippen LogP contribution in [0.25, 0.3) is 22.1 Å². The van der Waals surface area contributed by atoms with E-state index in [2.05, 4.69) is 33.2 Å². The number of hydrogen-bond donors (Lipinski definition) is 1. The molecule has 0 spiro atoms. The van der Waals surface area contributed by atoms with Crippen LogP contribution in [0, 0.1) is 0 Å². The maximum absolute atomic E-state index is 13.1. The molecule has 1 aliphatic rings. The summed E-state index contributed by atoms with van der Waals surface area (Å²) in [6.07, 6.45) is 0.887. The lowest BCUT2D eigenvalue weighted by Crippen LogP contribution is -2.40. The summed E-state index contributed by atoms with van der Waals surface area (Å²) >= 11 is 1.34. The molecule has 3 heterocycles. The molecule has 0 saturated carbocycles. The quantitative estimate of drug-likeness (QED) is 0.537. The number of hydrogen-bond acceptors (Lipinski definition) is 5. The van der Waals surface area contributed by atoms with Gasteiger partial charge in [0.2, 0.25) is 11.1 Å². The standard InChI is InChI=1S/C21H19N5OS/c1-12-11-14-7-3-6-10-17(14)26(12)20(27)13(2)28-21-23-19-18(24-25-21)15-8-4-5-9-16(15)22-19/h3-10,12-13H,11H2,1-2H3,(H,22,23,25)/t12-,13+/m1/s1. The highest BCUT2D eigenvalue weighted by atomic mass is 32.2. The predicted octanol–water partition coefficient (Wildman–Crippen LogP) is 3.96. The highest BCUT2D eigenvalue weighted by Gasteiger charge is 2.33. The van der Waals surface area contributed by atoms with Crippen LogP contribution < -0.4 is 4.90 Å². The molecule has 2 atom stereocenters. The molecule has 6 nitrogen and oxygen atoms in total. The minimum atomic E-state index is -0.308. The Morgan fingerprint density at radius 2 is 1.96 bits per heavy atom. The van der Waals surface area contributed by atoms with Crippen LogP contribution in [-0.2, 0) is 11.2 Å². The van der Waals surface area contributed by atoms with Gasteiger partial charge in [0.05, 0.1) is 5.25 Å². The van der Waals surface area contributed by atoms with Gasteiger partial charge in [0.1, 0.15) is 5.52 Å². The summed E-state index contributed by atoms with van der Waals surface area (Å²) in [5, 5.41) is 9.79. The molecule has 4 aromatic rings. The molecule has 2 aromatic heterocycles. The molecule has 1 amide bonds. The van der Waals surface area contributed by atoms with E-state index in [0.717, 1.165) is 28.5 Å². The van der Waals surface area contributed by atoms with E-state index in [9.17, 15) is 4.79 Å². The molecule has 7 heteroatoms. The third kappa shape index (κ3) is 2.74. The summed E-state index contributed by atoms with van der Waals surface area (Å²) in [6, 6.07) is 16.2. The van der Waals surface area contributed by atoms with E-state index in [1.807, 2.05) is 54.3 Å². The van der Waals surface area contributed by atoms with Gasteiger partial charge in [-0.1, -0.05) is 48.2 Å². The molecule has 0 saturated heterocycles. The lowest BCUT2D eigenvalue weighted by atomic mass is 10.1. The van der Waals surface area contributed by atoms with Crippen molar-refractivity contribution >= 4 is 45.4 Å². The van der Waals surface area contributed by atoms with Gasteiger partial charge in [-0.25, -0.2) is 4.98 Å². The van der Waals surface area contributed by atoms with Gasteiger partial charge in [0, 0.05) is 22.6 Å². The summed E-state index contributed by atoms with van der Waals surface area (Å²) in [6.45, 7) is 3.99. The van der Waals surface area contributed by atoms with Gasteiger partial charge in [-0.2, -0.15) is 0 Å². The number of aromatic amines is 1. The van der Waals surface area contributed by atoms with Crippen molar-refractivity contribution in [3.63, 3.8) is 0 Å². The smallest absolute Gasteiger partial charge is 0.240 e. The van der Waals surface area contributed by atoms with Crippen molar-refractivity contribution < 1.29 is 4.79 Å². The van der Waals surface area contributed by atoms with Crippen LogP contribution in [0.15, 0.2) is 53.7 Å². The summed E-state index contributed by atoms with van der Waals surface area (Å²) in [7, 11) is 0. The van der Waals surface area contributed by atoms with Crippen molar-refractivity contribution in [3.05, 3.63) is 54.1 Å². The Bertz CT molecular complexity index is 1200. The largest absolute Gasteiger partial charge is 0.338 e. The zero-order valence-corrected chi connectivity index (χ0v) is 16.4. The first-order valence-corrected chi connectivity index (χ1v) is 10.2. The number of fused-ring (bicyclic) bond motifs is 4. The van der Waals surface area contributed by atoms with Gasteiger partial charge in [-0.05, 0) is 38.0 Å². The van der Waals surface area contributed by atoms with E-state index >= 15 is 0 Å². The number of nitrogens with one attached hydrogen (secondary N) is 1. The second kappa shape index (κ2) is 6.60. The number of carbonyl (C=O) groups is 1. The number of para-hydroxylation sites is 2. The number of anilines is 1. The fourth-order valence-electron chi connectivity index (χ4n) is 3.86. The number of H-pyrrole nitrogens is 1. The summed E-state index contributed by atoms with van der Waals surface area (Å²) < 4.78 is 0. The van der Waals surface area contributed by atoms with Crippen molar-refractivity contribution in [1.29, 1.82) is 0 Å². The van der Waals surface area contributed by atoms with Crippen LogP contribution in [0.1, 0.15) is 19.4 Å². The van der Waals surface area contributed by atoms with E-state index in [1.165, 1.54) is 17.3 Å². The molecule has 140 valence electrons. The number of amides is 1. The van der Waals surface area contributed by atoms with E-state index < -0.39 is 0 Å². The number of aromatic nitrogens is 4. The SMILES string of the molecule is C[C@H](Sc1nnc2c(n1)[nH]c1ccccc12)C(=O)N1c2ccccc2C[C@H]1C. The lowest BCUT2D eigenvalue weighted by Gasteiger charge is -2.25. The molecular formula is C21H19N5OS. The van der Waals surface area contributed by atoms with Gasteiger partial charge in [0.15, 0.2) is 5.65 Å². The Morgan fingerprint density at radius 1 is 1.18 bits per heavy atom. The molecule has 0 unspecified atom stereocenters. The number of benzene rings is 2. The van der Waals surface area contributed by atoms with Gasteiger partial charge in [-0.15, -0.1) is 10.2 Å². The first-order valence-electron chi connectivity index (χ1n) is 9.30. The average Bonchev–Trinajstić information content (AvgIpc) is 3.23. The van der Waals surface area contributed by atoms with Crippen LogP contribution in [0.5, 0.6) is 0 Å². The molecule has 1 aliphatic heterocycles. The highest BCUT2D eigenvalue weighted by molar-refractivity contribution is 8.00. The molecule has 28 heavy (non-hydrogen) atoms. The van der Waals surface area contributed by atoms with Crippen molar-refractivity contribution in [2.75, 3.05) is 4.90 Å². The Kier molecular flexibility index (Phi) is 4.05. The average molecular weight is 389 g/mol. The molecule has 1 N–H and O–H groups in total. The molecule has 0 bridgehead atoms. The third-order valence-electron chi connectivity index (χ3n) is 5.18. The molecule has 2 aromatic carbocycles. The van der Waals surface area contributed by atoms with Gasteiger partial charge in [-0.3, -0.25) is 4.79 Å². The second-order valence-electron chi connectivity index (χ2n) is 7.11. The van der Waals surface area contributed by atoms with E-state index in [0.29, 0.717) is 10.8 Å². The Labute approximate surface area is 166 Å². The highest BCUT2D eigenvalue weighted by Crippen LogP contribution is 2.34. The van der Waals surface area contributed by atoms with Crippen molar-refractivity contribution in [2.45, 2.75) is 36.7 Å². The lowest BCUT2D eigenvalue weighted by molar-refractivity contribution is -0.118. The van der Waals surface area contributed by atoms with Gasteiger partial charge in [0.25, 0.3) is 0 Å². The minimum Gasteiger partial charge on any atom is -0.338 e. The fraction of sp³-hybridized carbons (Fsp3) is 0.238. The normalized spacial score (nSPS) is 17.2. The Hall–Kier alpha value is -2.93. The maximum atomic E-state index is 13.1. The zero-order chi connectivity index (χ0) is 19.3. The zero-order valence-electron chi connectivity index (χ0n) is 15.6. The number of rotatable bonds is 3. The second-order valence-corrected chi connectivity index (χ2v) is 8.42. The monoisotopic (exact) mass is 389 g/mol. The van der Waals surface area contributed by atoms with E-state index in [1.54, 1.807) is 0 Å². The molecule has 0 aliphatic carbocycles. The topological polar surface area (TPSA) is 74.8 Å². The van der Waals surface area contributed by atoms with Crippen LogP contribution >= 0.6 is 11.8 Å². The maximum Gasteiger partial charge on any atom is 0.240 e. The van der Waals surface area contributed by atoms with Crippen LogP contribution in [0.2, 0.25) is 0 Å². The fourth-order valence-corrected chi connectivity index (χ4v) is 4.62. The van der Waals surface area contributed by atoms with Crippen LogP contribution in [-0.4, -0.2) is 37.4 Å². The summed E-state index contributed by atoms with van der Waals surface area (Å²) in [5.41, 5.74) is 4.66. The van der Waals surface area contributed by atoms with Crippen LogP contribution in [0.4, 0.5) is 5.69 Å². The Morgan fingerprint density at radius 3 is 2.86 bits per heavy atom. The summed E-state index contributed by atoms with van der Waals surface area (Å²) in [5.74, 6) is 0.0720. The van der Waals surface area contributed by atoms with Crippen molar-refractivity contribution in [1.82, 2.24) is 20.2 Å². The third-order valence-corrected chi connectivity index (χ3v) is 6.12. The molecule has 0 fully saturated rings. The molecule has 0 radical (unpaired) electrons. The number of nitrogens with zero attached hydrogens (tertiary/aromatic N) is 4. The first-order chi connectivity index (χ1) is 13.6. The van der Waals surface area contributed by atoms with Gasteiger partial charge >= 0.3 is 0 Å². The van der Waals surface area contributed by atoms with Crippen LogP contribution in [0.3, 0.4) is 0 Å². The summed E-state index contributed by atoms with van der Waals surface area (Å²) in [4.78, 5) is 22.9. The van der Waals surface area contributed by atoms with Crippen molar-refractivity contribution in [3.8, 4) is 0 Å². The first kappa shape index (κ1) is 17.2. The van der Waals surface area contributed by atoms with Crippen molar-refractivity contribution in [2.24, 2.45) is 0 Å². The predicted molar refractivity (Wildman–Crippen MR) is 112 cm³/mol. The van der Waals surface area contributed by atoms with E-state index in [4.69, 9.17) is 0 Å². The van der Waals surface area contributed by atoms with Gasteiger partial charge < -0.3 is 9.88 Å². The minimum absolute atomic E-state index is 0.0720. The number of thioether (sulfide) groups is 1. The molecule has 5 rings (SSSR count). The number of carbonyl (C=O) groups excluding carboxylic acids is 1. The Balaban J connectivity index is 1.41.